The van der Waals surface area contributed by atoms with Gasteiger partial charge >= 0.3 is 0 Å². The topological polar surface area (TPSA) is 52.5 Å². The van der Waals surface area contributed by atoms with Gasteiger partial charge in [0.15, 0.2) is 8.07 Å². The van der Waals surface area contributed by atoms with Gasteiger partial charge in [-0.15, -0.1) is 0 Å². The average molecular weight is 628 g/mol. The van der Waals surface area contributed by atoms with E-state index >= 15 is 0 Å². The number of aromatic nitrogens is 1. The molecule has 1 heterocycles. The molecule has 0 amide bonds. The Morgan fingerprint density at radius 3 is 1.73 bits per heavy atom. The molecule has 0 aliphatic heterocycles. The zero-order valence-corrected chi connectivity index (χ0v) is 27.1. The molecule has 0 radical (unpaired) electrons. The maximum atomic E-state index is 9.68. The van der Waals surface area contributed by atoms with Crippen molar-refractivity contribution in [2.75, 3.05) is 0 Å². The van der Waals surface area contributed by atoms with Gasteiger partial charge in [-0.2, -0.15) is 10.5 Å². The normalized spacial score (nSPS) is 11.3. The summed E-state index contributed by atoms with van der Waals surface area (Å²) in [5.74, 6) is 0. The van der Waals surface area contributed by atoms with Crippen LogP contribution < -0.4 is 20.7 Å². The summed E-state index contributed by atoms with van der Waals surface area (Å²) in [6.07, 6.45) is 0. The van der Waals surface area contributed by atoms with Crippen molar-refractivity contribution >= 4 is 50.6 Å². The van der Waals surface area contributed by atoms with Crippen LogP contribution in [0.25, 0.3) is 38.6 Å². The Bertz CT molecular complexity index is 2480. The summed E-state index contributed by atoms with van der Waals surface area (Å²) in [6, 6.07) is 66.5. The van der Waals surface area contributed by atoms with Gasteiger partial charge in [-0.1, -0.05) is 127 Å². The number of benzene rings is 7. The van der Waals surface area contributed by atoms with Gasteiger partial charge in [0.05, 0.1) is 34.3 Å². The van der Waals surface area contributed by atoms with Crippen molar-refractivity contribution in [1.82, 2.24) is 4.57 Å². The van der Waals surface area contributed by atoms with E-state index in [0.29, 0.717) is 11.1 Å². The molecule has 4 heteroatoms. The monoisotopic (exact) mass is 627 g/mol. The smallest absolute Gasteiger partial charge is 0.180 e. The first-order valence-corrected chi connectivity index (χ1v) is 18.0. The lowest BCUT2D eigenvalue weighted by atomic mass is 10.0. The third kappa shape index (κ3) is 4.64. The van der Waals surface area contributed by atoms with E-state index < -0.39 is 8.07 Å². The molecule has 0 fully saturated rings. The van der Waals surface area contributed by atoms with Crippen molar-refractivity contribution in [2.24, 2.45) is 0 Å². The molecule has 1 aromatic heterocycles. The molecule has 0 N–H and O–H groups in total. The summed E-state index contributed by atoms with van der Waals surface area (Å²) in [4.78, 5) is 0. The summed E-state index contributed by atoms with van der Waals surface area (Å²) in [5.41, 5.74) is 6.83. The number of hydrogen-bond acceptors (Lipinski definition) is 2. The van der Waals surface area contributed by atoms with Crippen LogP contribution in [0.3, 0.4) is 0 Å². The van der Waals surface area contributed by atoms with E-state index in [0.717, 1.165) is 33.1 Å². The average Bonchev–Trinajstić information content (AvgIpc) is 3.50. The predicted molar refractivity (Wildman–Crippen MR) is 199 cm³/mol. The van der Waals surface area contributed by atoms with Gasteiger partial charge in [-0.25, -0.2) is 0 Å². The van der Waals surface area contributed by atoms with Crippen molar-refractivity contribution in [3.8, 4) is 29.0 Å². The van der Waals surface area contributed by atoms with Crippen LogP contribution in [0.15, 0.2) is 176 Å². The van der Waals surface area contributed by atoms with Crippen LogP contribution in [0, 0.1) is 22.7 Å². The molecule has 224 valence electrons. The van der Waals surface area contributed by atoms with E-state index in [1.165, 1.54) is 26.3 Å². The number of nitrogens with zero attached hydrogens (tertiary/aromatic N) is 3. The Labute approximate surface area is 280 Å². The van der Waals surface area contributed by atoms with Crippen LogP contribution >= 0.6 is 0 Å². The lowest BCUT2D eigenvalue weighted by Gasteiger charge is -2.36. The van der Waals surface area contributed by atoms with Crippen LogP contribution in [-0.2, 0) is 0 Å². The van der Waals surface area contributed by atoms with E-state index in [1.807, 2.05) is 24.3 Å². The minimum absolute atomic E-state index is 0.650. The molecular formula is C44H29N3Si. The molecule has 0 aliphatic rings. The molecule has 0 saturated heterocycles. The van der Waals surface area contributed by atoms with Gasteiger partial charge in [-0.3, -0.25) is 0 Å². The van der Waals surface area contributed by atoms with Gasteiger partial charge < -0.3 is 4.57 Å². The fourth-order valence-corrected chi connectivity index (χ4v) is 12.3. The van der Waals surface area contributed by atoms with Crippen LogP contribution in [0.4, 0.5) is 0 Å². The second-order valence-corrected chi connectivity index (χ2v) is 15.7. The first-order valence-electron chi connectivity index (χ1n) is 16.0. The Balaban J connectivity index is 1.41. The third-order valence-corrected chi connectivity index (χ3v) is 14.3. The standard InChI is InChI=1S/C44H29N3Si/c45-30-32-22-25-38(26-23-32)48(36-14-3-1-4-15-36,37-16-5-2-6-17-37)44-21-10-8-18-39(44)34-12-11-13-35(29-34)47-42-20-9-7-19-40(42)41-28-33(31-46)24-27-43(41)47/h1-29H. The highest BCUT2D eigenvalue weighted by Gasteiger charge is 2.42. The third-order valence-electron chi connectivity index (χ3n) is 9.41. The first kappa shape index (κ1) is 29.0. The zero-order valence-electron chi connectivity index (χ0n) is 26.1. The van der Waals surface area contributed by atoms with Crippen LogP contribution in [0.2, 0.25) is 0 Å². The largest absolute Gasteiger partial charge is 0.309 e. The summed E-state index contributed by atoms with van der Waals surface area (Å²) in [5, 5.41) is 26.6. The summed E-state index contributed by atoms with van der Waals surface area (Å²) in [6.45, 7) is 0. The number of rotatable bonds is 6. The Morgan fingerprint density at radius 2 is 1.02 bits per heavy atom. The van der Waals surface area contributed by atoms with Gasteiger partial charge in [0, 0.05) is 16.5 Å². The second-order valence-electron chi connectivity index (χ2n) is 12.0. The van der Waals surface area contributed by atoms with Crippen LogP contribution in [0.1, 0.15) is 11.1 Å². The fraction of sp³-hybridized carbons (Fsp3) is 0. The SMILES string of the molecule is N#Cc1ccc([Si](c2ccccc2)(c2ccccc2)c2ccccc2-c2cccc(-n3c4ccccc4c4cc(C#N)ccc43)c2)cc1. The zero-order chi connectivity index (χ0) is 32.5. The van der Waals surface area contributed by atoms with Crippen molar-refractivity contribution in [2.45, 2.75) is 0 Å². The second kappa shape index (κ2) is 12.0. The quantitative estimate of drug-likeness (QED) is 0.141. The van der Waals surface area contributed by atoms with E-state index in [4.69, 9.17) is 0 Å². The molecular weight excluding hydrogens is 599 g/mol. The summed E-state index contributed by atoms with van der Waals surface area (Å²) < 4.78 is 2.30. The van der Waals surface area contributed by atoms with E-state index in [1.54, 1.807) is 0 Å². The highest BCUT2D eigenvalue weighted by Crippen LogP contribution is 2.34. The lowest BCUT2D eigenvalue weighted by molar-refractivity contribution is 1.18. The molecule has 0 unspecified atom stereocenters. The Morgan fingerprint density at radius 1 is 0.438 bits per heavy atom. The lowest BCUT2D eigenvalue weighted by Crippen LogP contribution is -2.75. The van der Waals surface area contributed by atoms with Crippen molar-refractivity contribution in [3.05, 3.63) is 187 Å². The highest BCUT2D eigenvalue weighted by atomic mass is 28.3. The molecule has 0 spiro atoms. The number of nitriles is 2. The van der Waals surface area contributed by atoms with Crippen molar-refractivity contribution in [3.63, 3.8) is 0 Å². The molecule has 0 aliphatic carbocycles. The minimum Gasteiger partial charge on any atom is -0.309 e. The number of hydrogen-bond donors (Lipinski definition) is 0. The Hall–Kier alpha value is -6.46. The van der Waals surface area contributed by atoms with Gasteiger partial charge in [0.25, 0.3) is 0 Å². The molecule has 8 aromatic rings. The Kier molecular flexibility index (Phi) is 7.27. The van der Waals surface area contributed by atoms with E-state index in [9.17, 15) is 10.5 Å². The molecule has 0 atom stereocenters. The molecule has 0 saturated carbocycles. The maximum absolute atomic E-state index is 9.68. The summed E-state index contributed by atoms with van der Waals surface area (Å²) in [7, 11) is -2.89. The van der Waals surface area contributed by atoms with Gasteiger partial charge in [0.1, 0.15) is 0 Å². The number of fused-ring (bicyclic) bond motifs is 3. The van der Waals surface area contributed by atoms with Crippen LogP contribution in [0.5, 0.6) is 0 Å². The molecule has 0 bridgehead atoms. The predicted octanol–water partition coefficient (Wildman–Crippen LogP) is 7.57. The van der Waals surface area contributed by atoms with Gasteiger partial charge in [-0.05, 0) is 80.4 Å². The molecule has 7 aromatic carbocycles. The van der Waals surface area contributed by atoms with E-state index in [-0.39, 0.29) is 0 Å². The first-order chi connectivity index (χ1) is 23.7. The fourth-order valence-electron chi connectivity index (χ4n) is 7.33. The van der Waals surface area contributed by atoms with Crippen LogP contribution in [-0.4, -0.2) is 12.6 Å². The molecule has 3 nitrogen and oxygen atoms in total. The van der Waals surface area contributed by atoms with E-state index in [2.05, 4.69) is 168 Å². The molecule has 8 rings (SSSR count). The summed E-state index contributed by atoms with van der Waals surface area (Å²) >= 11 is 0. The van der Waals surface area contributed by atoms with Gasteiger partial charge in [0.2, 0.25) is 0 Å². The number of para-hydroxylation sites is 1. The molecule has 48 heavy (non-hydrogen) atoms. The maximum Gasteiger partial charge on any atom is 0.180 e. The van der Waals surface area contributed by atoms with Crippen molar-refractivity contribution in [1.29, 1.82) is 10.5 Å². The minimum atomic E-state index is -2.89. The highest BCUT2D eigenvalue weighted by molar-refractivity contribution is 7.20. The van der Waals surface area contributed by atoms with Crippen molar-refractivity contribution < 1.29 is 0 Å².